The van der Waals surface area contributed by atoms with Crippen LogP contribution in [0.15, 0.2) is 12.3 Å². The first kappa shape index (κ1) is 11.0. The molecule has 1 fully saturated rings. The van der Waals surface area contributed by atoms with Crippen LogP contribution in [0.3, 0.4) is 0 Å². The van der Waals surface area contributed by atoms with Gasteiger partial charge in [0.25, 0.3) is 0 Å². The molecule has 0 amide bonds. The molecule has 1 N–H and O–H groups in total. The Kier molecular flexibility index (Phi) is 2.54. The highest BCUT2D eigenvalue weighted by Gasteiger charge is 2.25. The molecule has 0 radical (unpaired) electrons. The van der Waals surface area contributed by atoms with Gasteiger partial charge in [-0.15, -0.1) is 0 Å². The van der Waals surface area contributed by atoms with Gasteiger partial charge in [-0.3, -0.25) is 4.57 Å². The fourth-order valence-electron chi connectivity index (χ4n) is 2.47. The SMILES string of the molecule is Cc1cnc2c(c1)[nH]c(=S)n2C(C)CC1CC1. The number of aryl methyl sites for hydroxylation is 1. The zero-order chi connectivity index (χ0) is 12.0. The molecule has 2 aromatic rings. The largest absolute Gasteiger partial charge is 0.329 e. The molecule has 0 aliphatic heterocycles. The van der Waals surface area contributed by atoms with Crippen molar-refractivity contribution in [2.75, 3.05) is 0 Å². The minimum absolute atomic E-state index is 0.443. The Morgan fingerprint density at radius 1 is 1.59 bits per heavy atom. The molecule has 90 valence electrons. The predicted molar refractivity (Wildman–Crippen MR) is 71.7 cm³/mol. The molecule has 0 spiro atoms. The van der Waals surface area contributed by atoms with Gasteiger partial charge in [-0.2, -0.15) is 0 Å². The van der Waals surface area contributed by atoms with E-state index >= 15 is 0 Å². The number of rotatable bonds is 3. The molecule has 4 heteroatoms. The van der Waals surface area contributed by atoms with Crippen molar-refractivity contribution in [1.29, 1.82) is 0 Å². The smallest absolute Gasteiger partial charge is 0.179 e. The standard InChI is InChI=1S/C13H17N3S/c1-8-5-11-12(14-7-8)16(13(17)15-11)9(2)6-10-3-4-10/h5,7,9-10H,3-4,6H2,1-2H3,(H,15,17). The molecule has 1 atom stereocenters. The molecule has 0 bridgehead atoms. The number of imidazole rings is 1. The summed E-state index contributed by atoms with van der Waals surface area (Å²) in [5.41, 5.74) is 3.21. The second-order valence-corrected chi connectivity index (χ2v) is 5.60. The molecular weight excluding hydrogens is 230 g/mol. The molecule has 1 saturated carbocycles. The average Bonchev–Trinajstić information content (AvgIpc) is 2.99. The molecule has 0 aromatic carbocycles. The van der Waals surface area contributed by atoms with E-state index in [1.54, 1.807) is 0 Å². The Morgan fingerprint density at radius 2 is 2.35 bits per heavy atom. The van der Waals surface area contributed by atoms with Crippen LogP contribution in [0.2, 0.25) is 0 Å². The molecule has 17 heavy (non-hydrogen) atoms. The van der Waals surface area contributed by atoms with Crippen LogP contribution in [-0.2, 0) is 0 Å². The molecule has 3 rings (SSSR count). The maximum absolute atomic E-state index is 5.41. The van der Waals surface area contributed by atoms with Crippen LogP contribution in [0.25, 0.3) is 11.2 Å². The summed E-state index contributed by atoms with van der Waals surface area (Å²) in [4.78, 5) is 7.77. The van der Waals surface area contributed by atoms with Gasteiger partial charge in [0.2, 0.25) is 0 Å². The minimum Gasteiger partial charge on any atom is -0.329 e. The van der Waals surface area contributed by atoms with Gasteiger partial charge in [0.1, 0.15) is 0 Å². The van der Waals surface area contributed by atoms with Crippen LogP contribution in [0.1, 0.15) is 37.8 Å². The molecule has 1 unspecified atom stereocenters. The van der Waals surface area contributed by atoms with Crippen LogP contribution >= 0.6 is 12.2 Å². The average molecular weight is 247 g/mol. The van der Waals surface area contributed by atoms with E-state index in [1.807, 2.05) is 13.1 Å². The third-order valence-corrected chi connectivity index (χ3v) is 3.80. The normalized spacial score (nSPS) is 17.5. The van der Waals surface area contributed by atoms with E-state index in [0.717, 1.165) is 27.4 Å². The summed E-state index contributed by atoms with van der Waals surface area (Å²) in [6.07, 6.45) is 5.89. The molecule has 1 aliphatic carbocycles. The van der Waals surface area contributed by atoms with Gasteiger partial charge in [0.15, 0.2) is 10.4 Å². The van der Waals surface area contributed by atoms with E-state index in [4.69, 9.17) is 12.2 Å². The topological polar surface area (TPSA) is 33.6 Å². The number of nitrogens with zero attached hydrogens (tertiary/aromatic N) is 2. The lowest BCUT2D eigenvalue weighted by Gasteiger charge is -2.13. The minimum atomic E-state index is 0.443. The maximum atomic E-state index is 5.41. The van der Waals surface area contributed by atoms with E-state index in [9.17, 15) is 0 Å². The van der Waals surface area contributed by atoms with Crippen molar-refractivity contribution in [3.8, 4) is 0 Å². The van der Waals surface area contributed by atoms with Crippen LogP contribution < -0.4 is 0 Å². The van der Waals surface area contributed by atoms with E-state index < -0.39 is 0 Å². The van der Waals surface area contributed by atoms with Crippen molar-refractivity contribution in [2.45, 2.75) is 39.2 Å². The zero-order valence-corrected chi connectivity index (χ0v) is 11.0. The highest BCUT2D eigenvalue weighted by Crippen LogP contribution is 2.37. The Balaban J connectivity index is 2.07. The van der Waals surface area contributed by atoms with Gasteiger partial charge in [0.05, 0.1) is 5.52 Å². The van der Waals surface area contributed by atoms with Crippen molar-refractivity contribution in [3.63, 3.8) is 0 Å². The van der Waals surface area contributed by atoms with Gasteiger partial charge < -0.3 is 4.98 Å². The van der Waals surface area contributed by atoms with Crippen molar-refractivity contribution < 1.29 is 0 Å². The third kappa shape index (κ3) is 2.02. The summed E-state index contributed by atoms with van der Waals surface area (Å²) in [5.74, 6) is 0.905. The second kappa shape index (κ2) is 3.95. The number of pyridine rings is 1. The molecule has 3 nitrogen and oxygen atoms in total. The van der Waals surface area contributed by atoms with Gasteiger partial charge in [-0.05, 0) is 50.0 Å². The highest BCUT2D eigenvalue weighted by molar-refractivity contribution is 7.71. The summed E-state index contributed by atoms with van der Waals surface area (Å²) in [6.45, 7) is 4.29. The summed E-state index contributed by atoms with van der Waals surface area (Å²) in [5, 5.41) is 0. The maximum Gasteiger partial charge on any atom is 0.179 e. The lowest BCUT2D eigenvalue weighted by molar-refractivity contribution is 0.481. The fourth-order valence-corrected chi connectivity index (χ4v) is 2.84. The van der Waals surface area contributed by atoms with Crippen molar-refractivity contribution in [2.24, 2.45) is 5.92 Å². The highest BCUT2D eigenvalue weighted by atomic mass is 32.1. The third-order valence-electron chi connectivity index (χ3n) is 3.50. The first-order valence-electron chi connectivity index (χ1n) is 6.22. The number of nitrogens with one attached hydrogen (secondary N) is 1. The Bertz CT molecular complexity index is 607. The van der Waals surface area contributed by atoms with Crippen LogP contribution in [-0.4, -0.2) is 14.5 Å². The number of hydrogen-bond donors (Lipinski definition) is 1. The number of fused-ring (bicyclic) bond motifs is 1. The van der Waals surface area contributed by atoms with E-state index in [2.05, 4.69) is 27.5 Å². The second-order valence-electron chi connectivity index (χ2n) is 5.21. The zero-order valence-electron chi connectivity index (χ0n) is 10.2. The molecule has 2 heterocycles. The summed E-state index contributed by atoms with van der Waals surface area (Å²) in [7, 11) is 0. The fraction of sp³-hybridized carbons (Fsp3) is 0.538. The van der Waals surface area contributed by atoms with Crippen LogP contribution in [0.5, 0.6) is 0 Å². The summed E-state index contributed by atoms with van der Waals surface area (Å²) in [6, 6.07) is 2.55. The summed E-state index contributed by atoms with van der Waals surface area (Å²) >= 11 is 5.41. The van der Waals surface area contributed by atoms with E-state index in [1.165, 1.54) is 19.3 Å². The molecular formula is C13H17N3S. The monoisotopic (exact) mass is 247 g/mol. The lowest BCUT2D eigenvalue weighted by atomic mass is 10.1. The number of aromatic nitrogens is 3. The Morgan fingerprint density at radius 3 is 3.06 bits per heavy atom. The lowest BCUT2D eigenvalue weighted by Crippen LogP contribution is -2.06. The number of hydrogen-bond acceptors (Lipinski definition) is 2. The molecule has 1 aliphatic rings. The first-order chi connectivity index (χ1) is 8.15. The number of aromatic amines is 1. The molecule has 0 saturated heterocycles. The molecule has 2 aromatic heterocycles. The Labute approximate surface area is 106 Å². The van der Waals surface area contributed by atoms with Crippen LogP contribution in [0.4, 0.5) is 0 Å². The van der Waals surface area contributed by atoms with Crippen molar-refractivity contribution >= 4 is 23.4 Å². The Hall–Kier alpha value is -1.16. The quantitative estimate of drug-likeness (QED) is 0.838. The van der Waals surface area contributed by atoms with Crippen LogP contribution in [0, 0.1) is 17.6 Å². The van der Waals surface area contributed by atoms with E-state index in [-0.39, 0.29) is 0 Å². The van der Waals surface area contributed by atoms with Gasteiger partial charge in [0, 0.05) is 12.2 Å². The van der Waals surface area contributed by atoms with Gasteiger partial charge in [-0.1, -0.05) is 12.8 Å². The van der Waals surface area contributed by atoms with Crippen molar-refractivity contribution in [1.82, 2.24) is 14.5 Å². The predicted octanol–water partition coefficient (Wildman–Crippen LogP) is 3.76. The first-order valence-corrected chi connectivity index (χ1v) is 6.63. The van der Waals surface area contributed by atoms with Crippen molar-refractivity contribution in [3.05, 3.63) is 22.6 Å². The summed E-state index contributed by atoms with van der Waals surface area (Å²) < 4.78 is 2.97. The van der Waals surface area contributed by atoms with Gasteiger partial charge in [-0.25, -0.2) is 4.98 Å². The van der Waals surface area contributed by atoms with E-state index in [0.29, 0.717) is 6.04 Å². The van der Waals surface area contributed by atoms with Gasteiger partial charge >= 0.3 is 0 Å². The number of H-pyrrole nitrogens is 1.